The molecule has 5 heteroatoms. The van der Waals surface area contributed by atoms with Crippen molar-refractivity contribution >= 4 is 10.0 Å². The van der Waals surface area contributed by atoms with Gasteiger partial charge in [-0.1, -0.05) is 26.7 Å². The highest BCUT2D eigenvalue weighted by atomic mass is 32.2. The van der Waals surface area contributed by atoms with Crippen molar-refractivity contribution in [3.05, 3.63) is 0 Å². The van der Waals surface area contributed by atoms with E-state index >= 15 is 0 Å². The van der Waals surface area contributed by atoms with Crippen LogP contribution in [-0.2, 0) is 10.0 Å². The molecule has 1 saturated carbocycles. The molecule has 0 spiro atoms. The standard InChI is InChI=1S/C12H26N2O2S/c1-4-13-9-10-17(15,16)14(3)12-8-6-5-7-11(12)2/h11-13H,4-10H2,1-3H3. The van der Waals surface area contributed by atoms with E-state index < -0.39 is 10.0 Å². The van der Waals surface area contributed by atoms with Gasteiger partial charge in [0.1, 0.15) is 0 Å². The van der Waals surface area contributed by atoms with E-state index in [1.807, 2.05) is 6.92 Å². The molecule has 1 rings (SSSR count). The first-order valence-electron chi connectivity index (χ1n) is 6.65. The van der Waals surface area contributed by atoms with Gasteiger partial charge in [-0.15, -0.1) is 0 Å². The lowest BCUT2D eigenvalue weighted by Gasteiger charge is -2.35. The van der Waals surface area contributed by atoms with Crippen molar-refractivity contribution in [2.24, 2.45) is 5.92 Å². The summed E-state index contributed by atoms with van der Waals surface area (Å²) in [6.07, 6.45) is 4.56. The molecule has 4 nitrogen and oxygen atoms in total. The SMILES string of the molecule is CCNCCS(=O)(=O)N(C)C1CCCCC1C. The zero-order valence-corrected chi connectivity index (χ0v) is 12.1. The van der Waals surface area contributed by atoms with Gasteiger partial charge >= 0.3 is 0 Å². The quantitative estimate of drug-likeness (QED) is 0.737. The smallest absolute Gasteiger partial charge is 0.215 e. The maximum Gasteiger partial charge on any atom is 0.215 e. The Balaban J connectivity index is 2.57. The second-order valence-corrected chi connectivity index (χ2v) is 7.16. The Morgan fingerprint density at radius 1 is 1.29 bits per heavy atom. The van der Waals surface area contributed by atoms with Gasteiger partial charge in [-0.3, -0.25) is 0 Å². The van der Waals surface area contributed by atoms with Crippen LogP contribution in [0.15, 0.2) is 0 Å². The number of rotatable bonds is 6. The predicted octanol–water partition coefficient (Wildman–Crippen LogP) is 1.44. The molecule has 0 radical (unpaired) electrons. The largest absolute Gasteiger partial charge is 0.316 e. The van der Waals surface area contributed by atoms with Crippen LogP contribution in [0.2, 0.25) is 0 Å². The van der Waals surface area contributed by atoms with Crippen molar-refractivity contribution in [2.75, 3.05) is 25.9 Å². The maximum atomic E-state index is 12.1. The molecule has 0 aromatic carbocycles. The topological polar surface area (TPSA) is 49.4 Å². The van der Waals surface area contributed by atoms with Crippen molar-refractivity contribution in [3.63, 3.8) is 0 Å². The Morgan fingerprint density at radius 3 is 2.53 bits per heavy atom. The highest BCUT2D eigenvalue weighted by Crippen LogP contribution is 2.28. The summed E-state index contributed by atoms with van der Waals surface area (Å²) in [6, 6.07) is 0.204. The van der Waals surface area contributed by atoms with Gasteiger partial charge < -0.3 is 5.32 Å². The van der Waals surface area contributed by atoms with Crippen LogP contribution < -0.4 is 5.32 Å². The molecule has 102 valence electrons. The number of nitrogens with zero attached hydrogens (tertiary/aromatic N) is 1. The van der Waals surface area contributed by atoms with Crippen LogP contribution in [0.5, 0.6) is 0 Å². The Hall–Kier alpha value is -0.130. The summed E-state index contributed by atoms with van der Waals surface area (Å²) in [5, 5.41) is 3.07. The summed E-state index contributed by atoms with van der Waals surface area (Å²) in [4.78, 5) is 0. The van der Waals surface area contributed by atoms with Crippen molar-refractivity contribution in [2.45, 2.75) is 45.6 Å². The normalized spacial score (nSPS) is 26.4. The minimum absolute atomic E-state index is 0.204. The van der Waals surface area contributed by atoms with Gasteiger partial charge in [0, 0.05) is 19.6 Å². The van der Waals surface area contributed by atoms with E-state index in [0.29, 0.717) is 12.5 Å². The van der Waals surface area contributed by atoms with E-state index in [-0.39, 0.29) is 11.8 Å². The summed E-state index contributed by atoms with van der Waals surface area (Å²) in [6.45, 7) is 5.52. The molecule has 1 aliphatic rings. The summed E-state index contributed by atoms with van der Waals surface area (Å²) < 4.78 is 25.9. The third kappa shape index (κ3) is 4.23. The van der Waals surface area contributed by atoms with Gasteiger partial charge in [0.05, 0.1) is 5.75 Å². The van der Waals surface area contributed by atoms with Crippen LogP contribution in [0.25, 0.3) is 0 Å². The number of sulfonamides is 1. The molecule has 2 unspecified atom stereocenters. The fourth-order valence-corrected chi connectivity index (χ4v) is 3.98. The minimum Gasteiger partial charge on any atom is -0.316 e. The Bertz CT molecular complexity index is 316. The van der Waals surface area contributed by atoms with E-state index in [0.717, 1.165) is 25.8 Å². The lowest BCUT2D eigenvalue weighted by atomic mass is 9.86. The Kier molecular flexibility index (Phi) is 5.89. The average molecular weight is 262 g/mol. The van der Waals surface area contributed by atoms with Gasteiger partial charge in [-0.25, -0.2) is 12.7 Å². The summed E-state index contributed by atoms with van der Waals surface area (Å²) >= 11 is 0. The summed E-state index contributed by atoms with van der Waals surface area (Å²) in [5.74, 6) is 0.697. The third-order valence-electron chi connectivity index (χ3n) is 3.76. The summed E-state index contributed by atoms with van der Waals surface area (Å²) in [7, 11) is -1.35. The highest BCUT2D eigenvalue weighted by molar-refractivity contribution is 7.89. The van der Waals surface area contributed by atoms with Crippen LogP contribution in [-0.4, -0.2) is 44.7 Å². The van der Waals surface area contributed by atoms with Gasteiger partial charge in [0.2, 0.25) is 10.0 Å². The first-order valence-corrected chi connectivity index (χ1v) is 8.26. The molecule has 1 fully saturated rings. The van der Waals surface area contributed by atoms with Gasteiger partial charge in [-0.2, -0.15) is 0 Å². The number of hydrogen-bond acceptors (Lipinski definition) is 3. The van der Waals surface area contributed by atoms with Crippen molar-refractivity contribution in [1.29, 1.82) is 0 Å². The number of hydrogen-bond donors (Lipinski definition) is 1. The van der Waals surface area contributed by atoms with Crippen LogP contribution >= 0.6 is 0 Å². The van der Waals surface area contributed by atoms with Crippen LogP contribution in [0.3, 0.4) is 0 Å². The van der Waals surface area contributed by atoms with Crippen molar-refractivity contribution in [3.8, 4) is 0 Å². The van der Waals surface area contributed by atoms with Gasteiger partial charge in [-0.05, 0) is 25.3 Å². The molecule has 0 aromatic rings. The molecule has 0 bridgehead atoms. The molecule has 0 heterocycles. The molecule has 1 N–H and O–H groups in total. The van der Waals surface area contributed by atoms with E-state index in [9.17, 15) is 8.42 Å². The fraction of sp³-hybridized carbons (Fsp3) is 1.00. The first-order chi connectivity index (χ1) is 7.99. The Morgan fingerprint density at radius 2 is 1.94 bits per heavy atom. The maximum absolute atomic E-state index is 12.1. The second-order valence-electron chi connectivity index (χ2n) is 5.01. The molecule has 17 heavy (non-hydrogen) atoms. The van der Waals surface area contributed by atoms with Crippen molar-refractivity contribution < 1.29 is 8.42 Å². The highest BCUT2D eigenvalue weighted by Gasteiger charge is 2.31. The van der Waals surface area contributed by atoms with Crippen LogP contribution in [0.1, 0.15) is 39.5 Å². The van der Waals surface area contributed by atoms with E-state index in [4.69, 9.17) is 0 Å². The van der Waals surface area contributed by atoms with E-state index in [1.165, 1.54) is 6.42 Å². The molecule has 0 aromatic heterocycles. The predicted molar refractivity (Wildman–Crippen MR) is 71.5 cm³/mol. The molecule has 0 amide bonds. The first kappa shape index (κ1) is 14.9. The zero-order chi connectivity index (χ0) is 12.9. The molecule has 2 atom stereocenters. The van der Waals surface area contributed by atoms with Crippen LogP contribution in [0, 0.1) is 5.92 Å². The van der Waals surface area contributed by atoms with E-state index in [2.05, 4.69) is 12.2 Å². The molecular weight excluding hydrogens is 236 g/mol. The van der Waals surface area contributed by atoms with Gasteiger partial charge in [0.25, 0.3) is 0 Å². The summed E-state index contributed by atoms with van der Waals surface area (Å²) in [5.41, 5.74) is 0. The third-order valence-corrected chi connectivity index (χ3v) is 5.63. The second kappa shape index (κ2) is 6.71. The molecular formula is C12H26N2O2S. The number of nitrogens with one attached hydrogen (secondary N) is 1. The lowest BCUT2D eigenvalue weighted by molar-refractivity contribution is 0.213. The van der Waals surface area contributed by atoms with Gasteiger partial charge in [0.15, 0.2) is 0 Å². The molecule has 1 aliphatic carbocycles. The minimum atomic E-state index is -3.09. The van der Waals surface area contributed by atoms with Crippen LogP contribution in [0.4, 0.5) is 0 Å². The van der Waals surface area contributed by atoms with Crippen molar-refractivity contribution in [1.82, 2.24) is 9.62 Å². The monoisotopic (exact) mass is 262 g/mol. The Labute approximate surface area is 106 Å². The molecule has 0 aliphatic heterocycles. The van der Waals surface area contributed by atoms with E-state index in [1.54, 1.807) is 11.4 Å². The fourth-order valence-electron chi connectivity index (χ4n) is 2.57. The molecule has 0 saturated heterocycles. The lowest BCUT2D eigenvalue weighted by Crippen LogP contribution is -2.44. The average Bonchev–Trinajstić information content (AvgIpc) is 2.29. The zero-order valence-electron chi connectivity index (χ0n) is 11.3.